The minimum atomic E-state index is 0.280. The van der Waals surface area contributed by atoms with Crippen LogP contribution in [0.15, 0.2) is 31.1 Å². The molecular weight excluding hydrogens is 306 g/mol. The highest BCUT2D eigenvalue weighted by molar-refractivity contribution is 5.11. The first-order valence-corrected chi connectivity index (χ1v) is 8.17. The minimum Gasteiger partial charge on any atom is -0.467 e. The van der Waals surface area contributed by atoms with Gasteiger partial charge in [0.25, 0.3) is 0 Å². The van der Waals surface area contributed by atoms with Gasteiger partial charge in [-0.2, -0.15) is 0 Å². The van der Waals surface area contributed by atoms with E-state index < -0.39 is 0 Å². The lowest BCUT2D eigenvalue weighted by molar-refractivity contribution is -0.0141. The Morgan fingerprint density at radius 3 is 2.62 bits per heavy atom. The highest BCUT2D eigenvalue weighted by Gasteiger charge is 2.48. The van der Waals surface area contributed by atoms with Crippen LogP contribution in [0.5, 0.6) is 6.01 Å². The number of rotatable bonds is 5. The van der Waals surface area contributed by atoms with Crippen molar-refractivity contribution in [3.63, 3.8) is 0 Å². The zero-order valence-corrected chi connectivity index (χ0v) is 13.8. The highest BCUT2D eigenvalue weighted by atomic mass is 16.5. The third kappa shape index (κ3) is 3.22. The van der Waals surface area contributed by atoms with Gasteiger partial charge in [0.15, 0.2) is 0 Å². The first-order chi connectivity index (χ1) is 11.7. The molecule has 0 amide bonds. The molecule has 0 bridgehead atoms. The topological polar surface area (TPSA) is 73.3 Å². The minimum absolute atomic E-state index is 0.280. The van der Waals surface area contributed by atoms with Crippen LogP contribution in [0.4, 0.5) is 0 Å². The van der Waals surface area contributed by atoms with Crippen molar-refractivity contribution in [2.24, 2.45) is 5.41 Å². The van der Waals surface area contributed by atoms with Crippen molar-refractivity contribution < 1.29 is 9.47 Å². The Labute approximate surface area is 141 Å². The summed E-state index contributed by atoms with van der Waals surface area (Å²) < 4.78 is 11.0. The fourth-order valence-corrected chi connectivity index (χ4v) is 3.75. The van der Waals surface area contributed by atoms with Crippen molar-refractivity contribution in [2.75, 3.05) is 26.8 Å². The maximum absolute atomic E-state index is 6.02. The number of likely N-dealkylation sites (tertiary alicyclic amines) is 1. The second-order valence-electron chi connectivity index (χ2n) is 6.81. The zero-order valence-electron chi connectivity index (χ0n) is 13.8. The quantitative estimate of drug-likeness (QED) is 0.814. The number of methoxy groups -OCH3 is 1. The molecule has 126 valence electrons. The molecule has 4 rings (SSSR count). The maximum atomic E-state index is 6.02. The van der Waals surface area contributed by atoms with E-state index in [1.54, 1.807) is 13.4 Å². The summed E-state index contributed by atoms with van der Waals surface area (Å²) in [6.45, 7) is 3.87. The number of nitrogens with zero attached hydrogens (tertiary/aromatic N) is 5. The third-order valence-corrected chi connectivity index (χ3v) is 4.75. The van der Waals surface area contributed by atoms with E-state index in [2.05, 4.69) is 24.8 Å². The van der Waals surface area contributed by atoms with Crippen LogP contribution in [0, 0.1) is 5.41 Å². The summed E-state index contributed by atoms with van der Waals surface area (Å²) in [7, 11) is 1.58. The van der Waals surface area contributed by atoms with E-state index in [0.29, 0.717) is 11.4 Å². The van der Waals surface area contributed by atoms with Crippen LogP contribution in [0.25, 0.3) is 0 Å². The first-order valence-electron chi connectivity index (χ1n) is 8.17. The summed E-state index contributed by atoms with van der Waals surface area (Å²) >= 11 is 0. The molecule has 0 N–H and O–H groups in total. The molecular formula is C17H21N5O2. The molecule has 1 unspecified atom stereocenters. The zero-order chi connectivity index (χ0) is 16.4. The Bertz CT molecular complexity index is 673. The van der Waals surface area contributed by atoms with Crippen LogP contribution in [0.3, 0.4) is 0 Å². The summed E-state index contributed by atoms with van der Waals surface area (Å²) in [6.07, 6.45) is 11.3. The standard InChI is InChI=1S/C17H21N5O2/c1-23-16-20-6-14(7-21-16)8-22-9-17(10-22)3-15(24-11-17)2-13-4-18-12-19-5-13/h4-7,12,15H,2-3,8-11H2,1H3. The van der Waals surface area contributed by atoms with Gasteiger partial charge in [-0.3, -0.25) is 4.90 Å². The summed E-state index contributed by atoms with van der Waals surface area (Å²) in [5.41, 5.74) is 2.57. The van der Waals surface area contributed by atoms with E-state index in [9.17, 15) is 0 Å². The first kappa shape index (κ1) is 15.4. The van der Waals surface area contributed by atoms with Gasteiger partial charge in [0.05, 0.1) is 19.8 Å². The SMILES string of the molecule is COc1ncc(CN2CC3(COC(Cc4cncnc4)C3)C2)cn1. The molecule has 2 fully saturated rings. The Morgan fingerprint density at radius 1 is 1.17 bits per heavy atom. The van der Waals surface area contributed by atoms with Crippen LogP contribution in [-0.4, -0.2) is 57.7 Å². The van der Waals surface area contributed by atoms with E-state index in [4.69, 9.17) is 9.47 Å². The fourth-order valence-electron chi connectivity index (χ4n) is 3.75. The lowest BCUT2D eigenvalue weighted by atomic mass is 9.77. The predicted octanol–water partition coefficient (Wildman–Crippen LogP) is 1.11. The van der Waals surface area contributed by atoms with Crippen molar-refractivity contribution in [1.29, 1.82) is 0 Å². The van der Waals surface area contributed by atoms with E-state index in [1.165, 1.54) is 0 Å². The molecule has 1 spiro atoms. The van der Waals surface area contributed by atoms with E-state index in [0.717, 1.165) is 50.2 Å². The molecule has 2 saturated heterocycles. The summed E-state index contributed by atoms with van der Waals surface area (Å²) in [5, 5.41) is 0. The molecule has 7 heteroatoms. The molecule has 0 saturated carbocycles. The van der Waals surface area contributed by atoms with Crippen molar-refractivity contribution in [1.82, 2.24) is 24.8 Å². The van der Waals surface area contributed by atoms with Crippen LogP contribution in [0.1, 0.15) is 17.5 Å². The number of ether oxygens (including phenoxy) is 2. The van der Waals surface area contributed by atoms with Gasteiger partial charge in [-0.1, -0.05) is 0 Å². The maximum Gasteiger partial charge on any atom is 0.316 e. The monoisotopic (exact) mass is 327 g/mol. The van der Waals surface area contributed by atoms with Crippen LogP contribution < -0.4 is 4.74 Å². The summed E-state index contributed by atoms with van der Waals surface area (Å²) in [6, 6.07) is 0.413. The second kappa shape index (κ2) is 6.41. The predicted molar refractivity (Wildman–Crippen MR) is 86.4 cm³/mol. The second-order valence-corrected chi connectivity index (χ2v) is 6.81. The molecule has 4 heterocycles. The van der Waals surface area contributed by atoms with Crippen molar-refractivity contribution in [3.8, 4) is 6.01 Å². The van der Waals surface area contributed by atoms with Gasteiger partial charge in [0, 0.05) is 61.8 Å². The van der Waals surface area contributed by atoms with Crippen LogP contribution in [-0.2, 0) is 17.7 Å². The normalized spacial score (nSPS) is 22.5. The average Bonchev–Trinajstić information content (AvgIpc) is 3.00. The fraction of sp³-hybridized carbons (Fsp3) is 0.529. The average molecular weight is 327 g/mol. The van der Waals surface area contributed by atoms with Gasteiger partial charge < -0.3 is 9.47 Å². The van der Waals surface area contributed by atoms with Gasteiger partial charge in [0.1, 0.15) is 6.33 Å². The van der Waals surface area contributed by atoms with Crippen LogP contribution in [0.2, 0.25) is 0 Å². The largest absolute Gasteiger partial charge is 0.467 e. The Balaban J connectivity index is 1.27. The lowest BCUT2D eigenvalue weighted by Crippen LogP contribution is -2.56. The third-order valence-electron chi connectivity index (χ3n) is 4.75. The highest BCUT2D eigenvalue weighted by Crippen LogP contribution is 2.42. The van der Waals surface area contributed by atoms with Crippen LogP contribution >= 0.6 is 0 Å². The summed E-state index contributed by atoms with van der Waals surface area (Å²) in [4.78, 5) is 18.9. The van der Waals surface area contributed by atoms with Crippen molar-refractivity contribution in [2.45, 2.75) is 25.5 Å². The smallest absolute Gasteiger partial charge is 0.316 e. The number of aromatic nitrogens is 4. The van der Waals surface area contributed by atoms with Crippen molar-refractivity contribution in [3.05, 3.63) is 42.2 Å². The Morgan fingerprint density at radius 2 is 1.92 bits per heavy atom. The van der Waals surface area contributed by atoms with Crippen molar-refractivity contribution >= 4 is 0 Å². The molecule has 0 aliphatic carbocycles. The van der Waals surface area contributed by atoms with Gasteiger partial charge in [-0.15, -0.1) is 0 Å². The Kier molecular flexibility index (Phi) is 4.12. The van der Waals surface area contributed by atoms with Gasteiger partial charge in [-0.05, 0) is 12.0 Å². The molecule has 2 aliphatic rings. The molecule has 24 heavy (non-hydrogen) atoms. The molecule has 2 aromatic heterocycles. The molecule has 0 radical (unpaired) electrons. The molecule has 7 nitrogen and oxygen atoms in total. The number of hydrogen-bond acceptors (Lipinski definition) is 7. The molecule has 1 atom stereocenters. The van der Waals surface area contributed by atoms with Gasteiger partial charge in [0.2, 0.25) is 0 Å². The number of hydrogen-bond donors (Lipinski definition) is 0. The van der Waals surface area contributed by atoms with E-state index in [-0.39, 0.29) is 6.10 Å². The lowest BCUT2D eigenvalue weighted by Gasteiger charge is -2.47. The van der Waals surface area contributed by atoms with Gasteiger partial charge in [-0.25, -0.2) is 19.9 Å². The van der Waals surface area contributed by atoms with E-state index >= 15 is 0 Å². The summed E-state index contributed by atoms with van der Waals surface area (Å²) in [5.74, 6) is 0. The van der Waals surface area contributed by atoms with Gasteiger partial charge >= 0.3 is 6.01 Å². The molecule has 2 aliphatic heterocycles. The van der Waals surface area contributed by atoms with E-state index in [1.807, 2.05) is 24.8 Å². The Hall–Kier alpha value is -2.12. The molecule has 0 aromatic carbocycles. The molecule has 2 aromatic rings.